The van der Waals surface area contributed by atoms with Crippen LogP contribution in [0.4, 0.5) is 0 Å². The maximum absolute atomic E-state index is 12.0. The maximum Gasteiger partial charge on any atom is 0.419 e. The van der Waals surface area contributed by atoms with Gasteiger partial charge in [0.25, 0.3) is 0 Å². The van der Waals surface area contributed by atoms with Crippen molar-refractivity contribution in [1.82, 2.24) is 14.4 Å². The average Bonchev–Trinajstić information content (AvgIpc) is 2.85. The van der Waals surface area contributed by atoms with E-state index < -0.39 is 0 Å². The first-order valence-corrected chi connectivity index (χ1v) is 8.39. The third-order valence-corrected chi connectivity index (χ3v) is 4.60. The van der Waals surface area contributed by atoms with Gasteiger partial charge in [-0.3, -0.25) is 9.47 Å². The van der Waals surface area contributed by atoms with E-state index in [1.807, 2.05) is 0 Å². The Labute approximate surface area is 139 Å². The molecule has 0 unspecified atom stereocenters. The largest absolute Gasteiger partial charge is 0.419 e. The standard InChI is InChI=1S/C16H22ClN3O3/c17-13-2-3-15-14(12-13)20(16(22)23-15)5-1-4-18-6-8-19(9-7-18)10-11-21/h2-3,12,21H,1,4-11H2. The van der Waals surface area contributed by atoms with E-state index in [1.165, 1.54) is 0 Å². The number of oxazole rings is 1. The number of halogens is 1. The van der Waals surface area contributed by atoms with Crippen molar-refractivity contribution in [1.29, 1.82) is 0 Å². The Kier molecular flexibility index (Phi) is 5.38. The lowest BCUT2D eigenvalue weighted by Crippen LogP contribution is -2.47. The minimum absolute atomic E-state index is 0.221. The van der Waals surface area contributed by atoms with Crippen LogP contribution >= 0.6 is 11.6 Å². The second-order valence-electron chi connectivity index (χ2n) is 5.89. The number of benzene rings is 1. The summed E-state index contributed by atoms with van der Waals surface area (Å²) in [5.41, 5.74) is 1.34. The zero-order valence-electron chi connectivity index (χ0n) is 13.1. The summed E-state index contributed by atoms with van der Waals surface area (Å²) in [6, 6.07) is 5.23. The van der Waals surface area contributed by atoms with Gasteiger partial charge in [-0.25, -0.2) is 4.79 Å². The molecule has 1 N–H and O–H groups in total. The number of β-amino-alcohol motifs (C(OH)–C–C–N with tert-alkyl or cyclic N) is 1. The predicted octanol–water partition coefficient (Wildman–Crippen LogP) is 1.25. The smallest absolute Gasteiger partial charge is 0.408 e. The van der Waals surface area contributed by atoms with Gasteiger partial charge in [0.2, 0.25) is 0 Å². The summed E-state index contributed by atoms with van der Waals surface area (Å²) in [7, 11) is 0. The molecule has 126 valence electrons. The molecule has 2 aromatic rings. The van der Waals surface area contributed by atoms with E-state index in [0.29, 0.717) is 17.2 Å². The fraction of sp³-hybridized carbons (Fsp3) is 0.562. The number of piperazine rings is 1. The molecule has 1 aromatic carbocycles. The fourth-order valence-electron chi connectivity index (χ4n) is 3.08. The number of hydrogen-bond donors (Lipinski definition) is 1. The van der Waals surface area contributed by atoms with Gasteiger partial charge in [-0.1, -0.05) is 11.6 Å². The van der Waals surface area contributed by atoms with Crippen molar-refractivity contribution in [2.75, 3.05) is 45.9 Å². The van der Waals surface area contributed by atoms with E-state index in [1.54, 1.807) is 22.8 Å². The molecular weight excluding hydrogens is 318 g/mol. The number of aryl methyl sites for hydroxylation is 1. The van der Waals surface area contributed by atoms with E-state index in [-0.39, 0.29) is 12.4 Å². The van der Waals surface area contributed by atoms with Gasteiger partial charge in [-0.15, -0.1) is 0 Å². The minimum Gasteiger partial charge on any atom is -0.408 e. The molecule has 6 nitrogen and oxygen atoms in total. The summed E-state index contributed by atoms with van der Waals surface area (Å²) in [4.78, 5) is 16.6. The molecule has 0 radical (unpaired) electrons. The van der Waals surface area contributed by atoms with Crippen LogP contribution in [-0.4, -0.2) is 65.3 Å². The molecule has 0 aliphatic carbocycles. The molecule has 0 amide bonds. The molecule has 3 rings (SSSR count). The van der Waals surface area contributed by atoms with E-state index in [4.69, 9.17) is 21.1 Å². The first kappa shape index (κ1) is 16.5. The van der Waals surface area contributed by atoms with Crippen molar-refractivity contribution in [3.05, 3.63) is 33.8 Å². The number of hydrogen-bond acceptors (Lipinski definition) is 5. The molecule has 0 atom stereocenters. The summed E-state index contributed by atoms with van der Waals surface area (Å²) in [5.74, 6) is -0.324. The highest BCUT2D eigenvalue weighted by Crippen LogP contribution is 2.18. The third-order valence-electron chi connectivity index (χ3n) is 4.37. The van der Waals surface area contributed by atoms with Crippen molar-refractivity contribution in [3.63, 3.8) is 0 Å². The van der Waals surface area contributed by atoms with Crippen LogP contribution in [0.2, 0.25) is 5.02 Å². The topological polar surface area (TPSA) is 61.9 Å². The van der Waals surface area contributed by atoms with Crippen LogP contribution in [0.3, 0.4) is 0 Å². The van der Waals surface area contributed by atoms with Gasteiger partial charge in [0.1, 0.15) is 0 Å². The second kappa shape index (κ2) is 7.49. The van der Waals surface area contributed by atoms with E-state index in [2.05, 4.69) is 9.80 Å². The van der Waals surface area contributed by atoms with Gasteiger partial charge in [0, 0.05) is 44.3 Å². The predicted molar refractivity (Wildman–Crippen MR) is 90.1 cm³/mol. The van der Waals surface area contributed by atoms with E-state index in [0.717, 1.165) is 51.2 Å². The van der Waals surface area contributed by atoms with Gasteiger partial charge in [0.05, 0.1) is 12.1 Å². The van der Waals surface area contributed by atoms with Gasteiger partial charge < -0.3 is 14.4 Å². The number of nitrogens with zero attached hydrogens (tertiary/aromatic N) is 3. The summed E-state index contributed by atoms with van der Waals surface area (Å²) in [6.07, 6.45) is 0.890. The van der Waals surface area contributed by atoms with Crippen LogP contribution in [0, 0.1) is 0 Å². The SMILES string of the molecule is O=c1oc2ccc(Cl)cc2n1CCCN1CCN(CCO)CC1. The fourth-order valence-corrected chi connectivity index (χ4v) is 3.24. The Morgan fingerprint density at radius 3 is 2.48 bits per heavy atom. The van der Waals surface area contributed by atoms with Gasteiger partial charge in [-0.05, 0) is 31.2 Å². The lowest BCUT2D eigenvalue weighted by molar-refractivity contribution is 0.111. The van der Waals surface area contributed by atoms with Crippen LogP contribution < -0.4 is 5.76 Å². The lowest BCUT2D eigenvalue weighted by Gasteiger charge is -2.34. The normalized spacial score (nSPS) is 17.1. The van der Waals surface area contributed by atoms with Crippen molar-refractivity contribution in [3.8, 4) is 0 Å². The van der Waals surface area contributed by atoms with Crippen LogP contribution in [0.5, 0.6) is 0 Å². The number of rotatable bonds is 6. The molecular formula is C16H22ClN3O3. The van der Waals surface area contributed by atoms with Crippen LogP contribution in [0.25, 0.3) is 11.1 Å². The van der Waals surface area contributed by atoms with Crippen molar-refractivity contribution >= 4 is 22.7 Å². The lowest BCUT2D eigenvalue weighted by atomic mass is 10.2. The van der Waals surface area contributed by atoms with Gasteiger partial charge in [0.15, 0.2) is 5.58 Å². The number of aromatic nitrogens is 1. The Morgan fingerprint density at radius 1 is 1.09 bits per heavy atom. The summed E-state index contributed by atoms with van der Waals surface area (Å²) in [6.45, 7) is 6.55. The molecule has 0 saturated carbocycles. The zero-order valence-corrected chi connectivity index (χ0v) is 13.8. The van der Waals surface area contributed by atoms with Crippen LogP contribution in [-0.2, 0) is 6.54 Å². The zero-order chi connectivity index (χ0) is 16.2. The highest BCUT2D eigenvalue weighted by Gasteiger charge is 2.16. The molecule has 0 bridgehead atoms. The number of aliphatic hydroxyl groups is 1. The highest BCUT2D eigenvalue weighted by molar-refractivity contribution is 6.31. The second-order valence-corrected chi connectivity index (χ2v) is 6.33. The van der Waals surface area contributed by atoms with Crippen LogP contribution in [0.1, 0.15) is 6.42 Å². The third kappa shape index (κ3) is 3.95. The van der Waals surface area contributed by atoms with Gasteiger partial charge in [-0.2, -0.15) is 0 Å². The first-order valence-electron chi connectivity index (χ1n) is 8.02. The molecule has 2 heterocycles. The Morgan fingerprint density at radius 2 is 1.78 bits per heavy atom. The van der Waals surface area contributed by atoms with Crippen molar-refractivity contribution < 1.29 is 9.52 Å². The molecule has 1 saturated heterocycles. The number of aliphatic hydroxyl groups excluding tert-OH is 1. The Hall–Kier alpha value is -1.34. The molecule has 1 aromatic heterocycles. The van der Waals surface area contributed by atoms with Crippen molar-refractivity contribution in [2.24, 2.45) is 0 Å². The molecule has 7 heteroatoms. The van der Waals surface area contributed by atoms with E-state index >= 15 is 0 Å². The molecule has 1 aliphatic rings. The summed E-state index contributed by atoms with van der Waals surface area (Å²) in [5, 5.41) is 9.56. The summed E-state index contributed by atoms with van der Waals surface area (Å²) >= 11 is 6.01. The average molecular weight is 340 g/mol. The molecule has 1 fully saturated rings. The van der Waals surface area contributed by atoms with Crippen molar-refractivity contribution in [2.45, 2.75) is 13.0 Å². The van der Waals surface area contributed by atoms with E-state index in [9.17, 15) is 4.79 Å². The first-order chi connectivity index (χ1) is 11.2. The molecule has 23 heavy (non-hydrogen) atoms. The number of fused-ring (bicyclic) bond motifs is 1. The molecule has 1 aliphatic heterocycles. The van der Waals surface area contributed by atoms with Crippen LogP contribution in [0.15, 0.2) is 27.4 Å². The maximum atomic E-state index is 12.0. The van der Waals surface area contributed by atoms with Gasteiger partial charge >= 0.3 is 5.76 Å². The minimum atomic E-state index is -0.324. The Bertz CT molecular complexity index is 704. The monoisotopic (exact) mass is 339 g/mol. The quantitative estimate of drug-likeness (QED) is 0.858. The summed E-state index contributed by atoms with van der Waals surface area (Å²) < 4.78 is 6.90. The molecule has 0 spiro atoms. The Balaban J connectivity index is 1.54. The highest BCUT2D eigenvalue weighted by atomic mass is 35.5.